The lowest BCUT2D eigenvalue weighted by Crippen LogP contribution is -2.14. The number of nitrogens with zero attached hydrogens (tertiary/aromatic N) is 4. The van der Waals surface area contributed by atoms with Crippen LogP contribution in [0.15, 0.2) is 5.16 Å². The van der Waals surface area contributed by atoms with E-state index in [4.69, 9.17) is 9.84 Å². The van der Waals surface area contributed by atoms with Gasteiger partial charge in [-0.3, -0.25) is 4.79 Å². The summed E-state index contributed by atoms with van der Waals surface area (Å²) in [7, 11) is 0. The van der Waals surface area contributed by atoms with Crippen LogP contribution < -0.4 is 0 Å². The van der Waals surface area contributed by atoms with Crippen molar-refractivity contribution in [1.29, 1.82) is 0 Å². The molecule has 8 heteroatoms. The van der Waals surface area contributed by atoms with E-state index in [0.29, 0.717) is 11.7 Å². The Labute approximate surface area is 97.2 Å². The highest BCUT2D eigenvalue weighted by Gasteiger charge is 2.11. The first-order valence-corrected chi connectivity index (χ1v) is 5.81. The maximum Gasteiger partial charge on any atom is 0.316 e. The number of hydrogen-bond acceptors (Lipinski definition) is 7. The summed E-state index contributed by atoms with van der Waals surface area (Å²) in [6, 6.07) is 0. The third kappa shape index (κ3) is 4.15. The molecule has 0 aromatic carbocycles. The minimum absolute atomic E-state index is 0.0466. The van der Waals surface area contributed by atoms with Crippen LogP contribution in [0.4, 0.5) is 0 Å². The fraction of sp³-hybridized carbons (Fsp3) is 0.750. The van der Waals surface area contributed by atoms with Gasteiger partial charge < -0.3 is 9.84 Å². The van der Waals surface area contributed by atoms with Gasteiger partial charge in [0.1, 0.15) is 0 Å². The lowest BCUT2D eigenvalue weighted by atomic mass is 10.5. The number of aliphatic hydroxyl groups excluding tert-OH is 1. The molecule has 7 nitrogen and oxygen atoms in total. The quantitative estimate of drug-likeness (QED) is 0.544. The van der Waals surface area contributed by atoms with Crippen LogP contribution >= 0.6 is 11.8 Å². The molecule has 0 amide bonds. The summed E-state index contributed by atoms with van der Waals surface area (Å²) in [4.78, 5) is 11.2. The van der Waals surface area contributed by atoms with Gasteiger partial charge in [0.15, 0.2) is 0 Å². The first kappa shape index (κ1) is 12.9. The van der Waals surface area contributed by atoms with Crippen LogP contribution in [0.5, 0.6) is 0 Å². The zero-order valence-corrected chi connectivity index (χ0v) is 9.98. The summed E-state index contributed by atoms with van der Waals surface area (Å²) < 4.78 is 6.40. The second kappa shape index (κ2) is 6.44. The van der Waals surface area contributed by atoms with Crippen LogP contribution in [0.1, 0.15) is 13.8 Å². The van der Waals surface area contributed by atoms with Gasteiger partial charge in [-0.05, 0) is 24.3 Å². The molecule has 1 aromatic rings. The van der Waals surface area contributed by atoms with Gasteiger partial charge in [0.2, 0.25) is 5.16 Å². The summed E-state index contributed by atoms with van der Waals surface area (Å²) in [5.41, 5.74) is 0. The van der Waals surface area contributed by atoms with Crippen molar-refractivity contribution in [2.45, 2.75) is 31.7 Å². The lowest BCUT2D eigenvalue weighted by Gasteiger charge is -2.06. The SMILES string of the molecule is CC(C)OC(=O)CSc1nnnn1CCO. The molecule has 0 bridgehead atoms. The molecular formula is C8H14N4O3S. The molecule has 0 radical (unpaired) electrons. The van der Waals surface area contributed by atoms with Crippen LogP contribution in [0.2, 0.25) is 0 Å². The van der Waals surface area contributed by atoms with Gasteiger partial charge >= 0.3 is 5.97 Å². The number of thioether (sulfide) groups is 1. The molecule has 16 heavy (non-hydrogen) atoms. The average molecular weight is 246 g/mol. The normalized spacial score (nSPS) is 10.8. The predicted octanol–water partition coefficient (Wildman–Crippen LogP) is -0.291. The molecule has 0 spiro atoms. The number of carbonyl (C=O) groups is 1. The average Bonchev–Trinajstić information content (AvgIpc) is 2.62. The third-order valence-electron chi connectivity index (χ3n) is 1.50. The zero-order valence-electron chi connectivity index (χ0n) is 9.16. The highest BCUT2D eigenvalue weighted by Crippen LogP contribution is 2.13. The van der Waals surface area contributed by atoms with Crippen molar-refractivity contribution >= 4 is 17.7 Å². The standard InChI is InChI=1S/C8H14N4O3S/c1-6(2)15-7(14)5-16-8-9-10-11-12(8)3-4-13/h6,13H,3-5H2,1-2H3. The number of esters is 1. The molecule has 1 rings (SSSR count). The van der Waals surface area contributed by atoms with Gasteiger partial charge in [0.25, 0.3) is 0 Å². The molecule has 0 fully saturated rings. The van der Waals surface area contributed by atoms with E-state index in [1.165, 1.54) is 16.4 Å². The van der Waals surface area contributed by atoms with Crippen molar-refractivity contribution in [2.24, 2.45) is 0 Å². The van der Waals surface area contributed by atoms with Gasteiger partial charge in [0, 0.05) is 0 Å². The van der Waals surface area contributed by atoms with Crippen molar-refractivity contribution in [2.75, 3.05) is 12.4 Å². The van der Waals surface area contributed by atoms with Crippen LogP contribution in [0, 0.1) is 0 Å². The van der Waals surface area contributed by atoms with E-state index in [9.17, 15) is 4.79 Å². The molecule has 0 unspecified atom stereocenters. The maximum absolute atomic E-state index is 11.2. The second-order valence-corrected chi connectivity index (χ2v) is 4.18. The molecule has 0 aliphatic heterocycles. The van der Waals surface area contributed by atoms with Crippen molar-refractivity contribution in [3.8, 4) is 0 Å². The number of aromatic nitrogens is 4. The molecule has 0 aliphatic rings. The number of aliphatic hydroxyl groups is 1. The summed E-state index contributed by atoms with van der Waals surface area (Å²) in [5, 5.41) is 20.1. The summed E-state index contributed by atoms with van der Waals surface area (Å²) in [6.45, 7) is 3.85. The van der Waals surface area contributed by atoms with Gasteiger partial charge in [0.05, 0.1) is 25.0 Å². The topological polar surface area (TPSA) is 90.1 Å². The van der Waals surface area contributed by atoms with E-state index in [2.05, 4.69) is 15.5 Å². The summed E-state index contributed by atoms with van der Waals surface area (Å²) in [6.07, 6.45) is -0.124. The van der Waals surface area contributed by atoms with E-state index in [1.54, 1.807) is 13.8 Å². The fourth-order valence-corrected chi connectivity index (χ4v) is 1.64. The number of hydrogen-bond donors (Lipinski definition) is 1. The van der Waals surface area contributed by atoms with Crippen LogP contribution in [-0.4, -0.2) is 49.7 Å². The highest BCUT2D eigenvalue weighted by atomic mass is 32.2. The van der Waals surface area contributed by atoms with Crippen molar-refractivity contribution in [3.63, 3.8) is 0 Å². The van der Waals surface area contributed by atoms with E-state index in [0.717, 1.165) is 0 Å². The lowest BCUT2D eigenvalue weighted by molar-refractivity contribution is -0.144. The van der Waals surface area contributed by atoms with Crippen LogP contribution in [0.25, 0.3) is 0 Å². The molecule has 90 valence electrons. The Morgan fingerprint density at radius 2 is 2.38 bits per heavy atom. The fourth-order valence-electron chi connectivity index (χ4n) is 0.955. The highest BCUT2D eigenvalue weighted by molar-refractivity contribution is 7.99. The number of carbonyl (C=O) groups excluding carboxylic acids is 1. The first-order valence-electron chi connectivity index (χ1n) is 4.82. The maximum atomic E-state index is 11.2. The largest absolute Gasteiger partial charge is 0.462 e. The molecule has 1 heterocycles. The Kier molecular flexibility index (Phi) is 5.20. The minimum Gasteiger partial charge on any atom is -0.462 e. The van der Waals surface area contributed by atoms with Gasteiger partial charge in [-0.2, -0.15) is 0 Å². The van der Waals surface area contributed by atoms with E-state index in [-0.39, 0.29) is 24.4 Å². The smallest absolute Gasteiger partial charge is 0.316 e. The monoisotopic (exact) mass is 246 g/mol. The Morgan fingerprint density at radius 1 is 1.62 bits per heavy atom. The first-order chi connectivity index (χ1) is 7.63. The van der Waals surface area contributed by atoms with Gasteiger partial charge in [-0.15, -0.1) is 5.10 Å². The predicted molar refractivity (Wildman–Crippen MR) is 56.9 cm³/mol. The molecule has 0 atom stereocenters. The molecule has 1 N–H and O–H groups in total. The number of tetrazole rings is 1. The van der Waals surface area contributed by atoms with E-state index >= 15 is 0 Å². The minimum atomic E-state index is -0.307. The van der Waals surface area contributed by atoms with Gasteiger partial charge in [-0.25, -0.2) is 4.68 Å². The van der Waals surface area contributed by atoms with E-state index in [1.807, 2.05) is 0 Å². The Bertz CT molecular complexity index is 342. The van der Waals surface area contributed by atoms with Crippen molar-refractivity contribution in [3.05, 3.63) is 0 Å². The third-order valence-corrected chi connectivity index (χ3v) is 2.43. The van der Waals surface area contributed by atoms with E-state index < -0.39 is 0 Å². The molecule has 0 saturated carbocycles. The molecule has 0 saturated heterocycles. The van der Waals surface area contributed by atoms with Crippen molar-refractivity contribution < 1.29 is 14.6 Å². The van der Waals surface area contributed by atoms with Crippen molar-refractivity contribution in [1.82, 2.24) is 20.2 Å². The molecule has 0 aliphatic carbocycles. The molecular weight excluding hydrogens is 232 g/mol. The number of ether oxygens (including phenoxy) is 1. The zero-order chi connectivity index (χ0) is 12.0. The Morgan fingerprint density at radius 3 is 3.00 bits per heavy atom. The molecule has 1 aromatic heterocycles. The Balaban J connectivity index is 2.41. The second-order valence-electron chi connectivity index (χ2n) is 3.24. The summed E-state index contributed by atoms with van der Waals surface area (Å²) >= 11 is 1.18. The summed E-state index contributed by atoms with van der Waals surface area (Å²) in [5.74, 6) is -0.150. The van der Waals surface area contributed by atoms with Gasteiger partial charge in [-0.1, -0.05) is 11.8 Å². The van der Waals surface area contributed by atoms with Crippen LogP contribution in [0.3, 0.4) is 0 Å². The number of rotatable bonds is 6. The van der Waals surface area contributed by atoms with Crippen LogP contribution in [-0.2, 0) is 16.1 Å². The Hall–Kier alpha value is -1.15.